The summed E-state index contributed by atoms with van der Waals surface area (Å²) in [6.07, 6.45) is -1.94. The fourth-order valence-corrected chi connectivity index (χ4v) is 6.09. The Labute approximate surface area is 221 Å². The van der Waals surface area contributed by atoms with Crippen LogP contribution >= 0.6 is 11.3 Å². The van der Waals surface area contributed by atoms with Crippen molar-refractivity contribution >= 4 is 26.5 Å². The van der Waals surface area contributed by atoms with Gasteiger partial charge in [0.1, 0.15) is 23.2 Å². The molecule has 1 atom stereocenters. The van der Waals surface area contributed by atoms with Crippen molar-refractivity contribution in [1.29, 1.82) is 0 Å². The van der Waals surface area contributed by atoms with E-state index >= 15 is 0 Å². The summed E-state index contributed by atoms with van der Waals surface area (Å²) in [5, 5.41) is 5.99. The highest BCUT2D eigenvalue weighted by Gasteiger charge is 2.37. The number of hydrogen-bond acceptors (Lipinski definition) is 7. The molecule has 2 aromatic heterocycles. The van der Waals surface area contributed by atoms with E-state index in [1.54, 1.807) is 49.3 Å². The third-order valence-corrected chi connectivity index (χ3v) is 8.19. The number of halogens is 3. The van der Waals surface area contributed by atoms with E-state index in [0.29, 0.717) is 23.2 Å². The van der Waals surface area contributed by atoms with Gasteiger partial charge >= 0.3 is 6.18 Å². The first-order valence-corrected chi connectivity index (χ1v) is 13.8. The molecule has 1 unspecified atom stereocenters. The van der Waals surface area contributed by atoms with Crippen molar-refractivity contribution in [2.45, 2.75) is 43.0 Å². The van der Waals surface area contributed by atoms with Gasteiger partial charge in [-0.1, -0.05) is 6.07 Å². The van der Waals surface area contributed by atoms with Gasteiger partial charge in [-0.25, -0.2) is 13.4 Å². The van der Waals surface area contributed by atoms with Crippen LogP contribution in [0.3, 0.4) is 0 Å². The molecule has 4 aromatic rings. The van der Waals surface area contributed by atoms with Crippen LogP contribution in [0, 0.1) is 0 Å². The average Bonchev–Trinajstić information content (AvgIpc) is 3.48. The lowest BCUT2D eigenvalue weighted by Crippen LogP contribution is -2.36. The maximum Gasteiger partial charge on any atom is 0.416 e. The number of nitrogens with zero attached hydrogens (tertiary/aromatic N) is 3. The fourth-order valence-electron chi connectivity index (χ4n) is 4.28. The quantitative estimate of drug-likeness (QED) is 0.307. The van der Waals surface area contributed by atoms with Crippen molar-refractivity contribution in [3.63, 3.8) is 0 Å². The lowest BCUT2D eigenvalue weighted by atomic mass is 9.91. The molecule has 0 aliphatic carbocycles. The number of alkyl halides is 3. The van der Waals surface area contributed by atoms with Gasteiger partial charge in [-0.2, -0.15) is 18.3 Å². The van der Waals surface area contributed by atoms with Gasteiger partial charge in [-0.15, -0.1) is 11.3 Å². The van der Waals surface area contributed by atoms with Crippen LogP contribution in [-0.2, 0) is 23.2 Å². The van der Waals surface area contributed by atoms with Crippen molar-refractivity contribution in [2.24, 2.45) is 7.05 Å². The number of hydrogen-bond donors (Lipinski definition) is 1. The molecule has 3 heterocycles. The summed E-state index contributed by atoms with van der Waals surface area (Å²) in [6, 6.07) is 9.37. The normalized spacial score (nSPS) is 16.9. The number of ether oxygens (including phenoxy) is 2. The summed E-state index contributed by atoms with van der Waals surface area (Å²) in [5.74, 6) is 0.293. The Morgan fingerprint density at radius 2 is 1.95 bits per heavy atom. The molecule has 13 heteroatoms. The molecule has 38 heavy (non-hydrogen) atoms. The molecule has 0 saturated carbocycles. The van der Waals surface area contributed by atoms with Gasteiger partial charge in [0, 0.05) is 48.4 Å². The lowest BCUT2D eigenvalue weighted by Gasteiger charge is -2.38. The Bertz CT molecular complexity index is 1580. The fraction of sp³-hybridized carbons (Fsp3) is 0.280. The van der Waals surface area contributed by atoms with Gasteiger partial charge in [0.05, 0.1) is 16.2 Å². The number of fused-ring (bicyclic) bond motifs is 1. The molecule has 1 N–H and O–H groups in total. The average molecular weight is 565 g/mol. The van der Waals surface area contributed by atoms with Crippen LogP contribution < -0.4 is 14.2 Å². The molecule has 0 saturated heterocycles. The number of anilines is 1. The van der Waals surface area contributed by atoms with E-state index in [4.69, 9.17) is 9.47 Å². The number of aryl methyl sites for hydroxylation is 1. The Morgan fingerprint density at radius 1 is 1.16 bits per heavy atom. The second kappa shape index (κ2) is 9.31. The van der Waals surface area contributed by atoms with E-state index in [1.165, 1.54) is 24.4 Å². The zero-order valence-electron chi connectivity index (χ0n) is 20.5. The predicted molar refractivity (Wildman–Crippen MR) is 136 cm³/mol. The number of aromatic nitrogens is 3. The zero-order chi connectivity index (χ0) is 27.3. The minimum absolute atomic E-state index is 0.0270. The third-order valence-electron chi connectivity index (χ3n) is 6.03. The molecule has 200 valence electrons. The van der Waals surface area contributed by atoms with E-state index in [0.717, 1.165) is 23.5 Å². The van der Waals surface area contributed by atoms with Crippen LogP contribution in [0.2, 0.25) is 0 Å². The molecular formula is C25H23F3N4O4S2. The van der Waals surface area contributed by atoms with Gasteiger partial charge in [-0.05, 0) is 44.2 Å². The molecule has 0 radical (unpaired) electrons. The highest BCUT2D eigenvalue weighted by atomic mass is 32.2. The van der Waals surface area contributed by atoms with Gasteiger partial charge in [0.2, 0.25) is 0 Å². The molecule has 0 bridgehead atoms. The van der Waals surface area contributed by atoms with Crippen molar-refractivity contribution in [2.75, 3.05) is 4.72 Å². The summed E-state index contributed by atoms with van der Waals surface area (Å²) in [7, 11) is -2.27. The Hall–Kier alpha value is -3.58. The first-order chi connectivity index (χ1) is 17.8. The van der Waals surface area contributed by atoms with Gasteiger partial charge in [0.25, 0.3) is 10.0 Å². The molecule has 1 aliphatic heterocycles. The summed E-state index contributed by atoms with van der Waals surface area (Å²) >= 11 is 1.14. The molecule has 0 amide bonds. The van der Waals surface area contributed by atoms with E-state index in [9.17, 15) is 21.6 Å². The summed E-state index contributed by atoms with van der Waals surface area (Å²) in [5.41, 5.74) is -0.104. The van der Waals surface area contributed by atoms with E-state index in [2.05, 4.69) is 14.8 Å². The molecule has 1 aliphatic rings. The van der Waals surface area contributed by atoms with Crippen LogP contribution in [0.1, 0.15) is 37.5 Å². The smallest absolute Gasteiger partial charge is 0.416 e. The van der Waals surface area contributed by atoms with Crippen LogP contribution in [-0.4, -0.2) is 28.8 Å². The summed E-state index contributed by atoms with van der Waals surface area (Å²) in [4.78, 5) is 3.90. The van der Waals surface area contributed by atoms with Crippen LogP contribution in [0.5, 0.6) is 11.5 Å². The van der Waals surface area contributed by atoms with Crippen LogP contribution in [0.25, 0.3) is 11.3 Å². The molecule has 0 spiro atoms. The maximum absolute atomic E-state index is 13.6. The largest absolute Gasteiger partial charge is 0.487 e. The summed E-state index contributed by atoms with van der Waals surface area (Å²) < 4.78 is 82.9. The number of sulfonamides is 1. The van der Waals surface area contributed by atoms with E-state index in [-0.39, 0.29) is 21.5 Å². The van der Waals surface area contributed by atoms with Crippen molar-refractivity contribution in [1.82, 2.24) is 14.8 Å². The molecule has 0 fully saturated rings. The first-order valence-electron chi connectivity index (χ1n) is 11.4. The first kappa shape index (κ1) is 26.0. The Balaban J connectivity index is 1.55. The molecule has 2 aromatic carbocycles. The topological polar surface area (TPSA) is 95.3 Å². The van der Waals surface area contributed by atoms with Crippen LogP contribution in [0.15, 0.2) is 65.1 Å². The second-order valence-electron chi connectivity index (χ2n) is 9.36. The van der Waals surface area contributed by atoms with Gasteiger partial charge in [-0.3, -0.25) is 9.40 Å². The van der Waals surface area contributed by atoms with E-state index < -0.39 is 33.5 Å². The maximum atomic E-state index is 13.6. The SMILES string of the molecule is Cn1nccc1-c1ccc(C(F)(F)F)cc1OC1CC(C)(C)Oc2cc(S(=O)(=O)Nc3nccs3)ccc21. The van der Waals surface area contributed by atoms with Gasteiger partial charge in [0.15, 0.2) is 5.13 Å². The van der Waals surface area contributed by atoms with Crippen molar-refractivity contribution in [3.8, 4) is 22.8 Å². The monoisotopic (exact) mass is 564 g/mol. The lowest BCUT2D eigenvalue weighted by molar-refractivity contribution is -0.137. The minimum atomic E-state index is -4.57. The van der Waals surface area contributed by atoms with Gasteiger partial charge < -0.3 is 9.47 Å². The Morgan fingerprint density at radius 3 is 2.61 bits per heavy atom. The summed E-state index contributed by atoms with van der Waals surface area (Å²) in [6.45, 7) is 3.60. The predicted octanol–water partition coefficient (Wildman–Crippen LogP) is 6.04. The zero-order valence-corrected chi connectivity index (χ0v) is 22.1. The highest BCUT2D eigenvalue weighted by Crippen LogP contribution is 2.45. The molecule has 5 rings (SSSR count). The van der Waals surface area contributed by atoms with E-state index in [1.807, 2.05) is 0 Å². The number of thiazole rings is 1. The van der Waals surface area contributed by atoms with Crippen molar-refractivity contribution < 1.29 is 31.1 Å². The minimum Gasteiger partial charge on any atom is -0.487 e. The van der Waals surface area contributed by atoms with Crippen LogP contribution in [0.4, 0.5) is 18.3 Å². The Kier molecular flexibility index (Phi) is 6.38. The third kappa shape index (κ3) is 5.20. The highest BCUT2D eigenvalue weighted by molar-refractivity contribution is 7.93. The number of benzene rings is 2. The van der Waals surface area contributed by atoms with Crippen molar-refractivity contribution in [3.05, 3.63) is 71.4 Å². The second-order valence-corrected chi connectivity index (χ2v) is 11.9. The standard InChI is InChI=1S/C25H23F3N4O4S2/c1-24(2)14-22(18-7-5-16(13-21(18)36-24)38(33,34)31-23-29-10-11-37-23)35-20-12-15(25(26,27)28)4-6-17(20)19-8-9-30-32(19)3/h4-13,22H,14H2,1-3H3,(H,29,31). The molecule has 8 nitrogen and oxygen atoms in total. The molecular weight excluding hydrogens is 541 g/mol. The number of rotatable bonds is 6. The number of nitrogens with one attached hydrogen (secondary N) is 1.